The van der Waals surface area contributed by atoms with Crippen molar-refractivity contribution in [3.8, 4) is 12.3 Å². The van der Waals surface area contributed by atoms with Gasteiger partial charge in [-0.05, 0) is 30.5 Å². The minimum Gasteiger partial charge on any atom is -0.354 e. The molecule has 2 aromatic rings. The van der Waals surface area contributed by atoms with Crippen LogP contribution in [0.3, 0.4) is 0 Å². The quantitative estimate of drug-likeness (QED) is 0.605. The van der Waals surface area contributed by atoms with Gasteiger partial charge in [0.2, 0.25) is 17.8 Å². The van der Waals surface area contributed by atoms with Gasteiger partial charge in [-0.25, -0.2) is 0 Å². The van der Waals surface area contributed by atoms with Crippen molar-refractivity contribution in [2.24, 2.45) is 0 Å². The predicted octanol–water partition coefficient (Wildman–Crippen LogP) is 3.73. The summed E-state index contributed by atoms with van der Waals surface area (Å²) in [5.41, 5.74) is 2.12. The molecule has 25 heavy (non-hydrogen) atoms. The molecule has 3 N–H and O–H groups in total. The molecule has 0 saturated heterocycles. The lowest BCUT2D eigenvalue weighted by Crippen LogP contribution is -2.13. The third-order valence-electron chi connectivity index (χ3n) is 3.33. The van der Waals surface area contributed by atoms with Gasteiger partial charge in [0, 0.05) is 18.1 Å². The highest BCUT2D eigenvalue weighted by Gasteiger charge is 2.07. The van der Waals surface area contributed by atoms with E-state index in [1.54, 1.807) is 0 Å². The Morgan fingerprint density at radius 1 is 1.08 bits per heavy atom. The van der Waals surface area contributed by atoms with Crippen LogP contribution in [0.5, 0.6) is 0 Å². The van der Waals surface area contributed by atoms with Crippen molar-refractivity contribution in [1.82, 2.24) is 15.0 Å². The molecule has 6 nitrogen and oxygen atoms in total. The summed E-state index contributed by atoms with van der Waals surface area (Å²) in [4.78, 5) is 13.0. The van der Waals surface area contributed by atoms with E-state index in [1.165, 1.54) is 0 Å². The Morgan fingerprint density at radius 2 is 1.72 bits per heavy atom. The first-order valence-corrected chi connectivity index (χ1v) is 8.17. The molecule has 2 rings (SSSR count). The minimum absolute atomic E-state index is 0. The van der Waals surface area contributed by atoms with Gasteiger partial charge in [-0.3, -0.25) is 0 Å². The van der Waals surface area contributed by atoms with Crippen molar-refractivity contribution in [3.05, 3.63) is 34.3 Å². The number of nitrogens with zero attached hydrogens (tertiary/aromatic N) is 3. The van der Waals surface area contributed by atoms with Crippen molar-refractivity contribution in [2.75, 3.05) is 29.0 Å². The van der Waals surface area contributed by atoms with Crippen molar-refractivity contribution in [2.45, 2.75) is 26.8 Å². The first-order chi connectivity index (χ1) is 11.6. The second-order valence-corrected chi connectivity index (χ2v) is 5.58. The summed E-state index contributed by atoms with van der Waals surface area (Å²) in [5.74, 6) is 3.93. The zero-order valence-corrected chi connectivity index (χ0v) is 15.8. The van der Waals surface area contributed by atoms with Crippen LogP contribution in [0.25, 0.3) is 0 Å². The van der Waals surface area contributed by atoms with Gasteiger partial charge in [-0.1, -0.05) is 36.6 Å². The van der Waals surface area contributed by atoms with E-state index < -0.39 is 0 Å². The molecular formula is C17H22Cl2N6. The molecule has 134 valence electrons. The molecule has 1 heterocycles. The van der Waals surface area contributed by atoms with Crippen LogP contribution >= 0.6 is 24.0 Å². The van der Waals surface area contributed by atoms with Crippen LogP contribution in [0.1, 0.15) is 24.5 Å². The van der Waals surface area contributed by atoms with Crippen LogP contribution in [0, 0.1) is 19.3 Å². The average Bonchev–Trinajstić information content (AvgIpc) is 2.59. The number of halogens is 2. The zero-order chi connectivity index (χ0) is 17.4. The molecule has 0 aliphatic carbocycles. The number of aromatic nitrogens is 3. The Bertz CT molecular complexity index is 730. The molecule has 0 aliphatic heterocycles. The largest absolute Gasteiger partial charge is 0.354 e. The number of benzene rings is 1. The molecule has 1 aromatic heterocycles. The van der Waals surface area contributed by atoms with Crippen LogP contribution in [0.2, 0.25) is 5.02 Å². The van der Waals surface area contributed by atoms with Crippen molar-refractivity contribution in [3.63, 3.8) is 0 Å². The summed E-state index contributed by atoms with van der Waals surface area (Å²) >= 11 is 6.15. The number of hydrogen-bond donors (Lipinski definition) is 3. The van der Waals surface area contributed by atoms with Crippen LogP contribution in [0.15, 0.2) is 18.2 Å². The fourth-order valence-electron chi connectivity index (χ4n) is 2.00. The highest BCUT2D eigenvalue weighted by atomic mass is 35.5. The van der Waals surface area contributed by atoms with Crippen LogP contribution in [-0.2, 0) is 6.54 Å². The first kappa shape index (κ1) is 20.8. The van der Waals surface area contributed by atoms with E-state index in [1.807, 2.05) is 25.1 Å². The number of nitrogens with one attached hydrogen (secondary N) is 3. The third kappa shape index (κ3) is 6.29. The minimum atomic E-state index is 0. The summed E-state index contributed by atoms with van der Waals surface area (Å²) in [6.07, 6.45) is 6.25. The van der Waals surface area contributed by atoms with Gasteiger partial charge in [0.05, 0.1) is 6.54 Å². The van der Waals surface area contributed by atoms with Gasteiger partial charge in [0.15, 0.2) is 0 Å². The maximum Gasteiger partial charge on any atom is 0.230 e. The molecular weight excluding hydrogens is 359 g/mol. The molecule has 0 fully saturated rings. The highest BCUT2D eigenvalue weighted by molar-refractivity contribution is 6.31. The molecule has 0 atom stereocenters. The number of terminal acetylenes is 1. The summed E-state index contributed by atoms with van der Waals surface area (Å²) in [6, 6.07) is 5.81. The topological polar surface area (TPSA) is 74.8 Å². The lowest BCUT2D eigenvalue weighted by Gasteiger charge is -2.11. The molecule has 8 heteroatoms. The molecule has 0 amide bonds. The van der Waals surface area contributed by atoms with Gasteiger partial charge in [0.25, 0.3) is 0 Å². The zero-order valence-electron chi connectivity index (χ0n) is 14.3. The van der Waals surface area contributed by atoms with Gasteiger partial charge in [-0.2, -0.15) is 15.0 Å². The van der Waals surface area contributed by atoms with E-state index in [0.717, 1.165) is 29.1 Å². The Morgan fingerprint density at radius 3 is 2.36 bits per heavy atom. The van der Waals surface area contributed by atoms with E-state index in [0.29, 0.717) is 30.9 Å². The fourth-order valence-corrected chi connectivity index (χ4v) is 2.19. The van der Waals surface area contributed by atoms with Gasteiger partial charge in [-0.15, -0.1) is 18.8 Å². The number of rotatable bonds is 8. The molecule has 0 aliphatic rings. The Hall–Kier alpha value is -2.23. The van der Waals surface area contributed by atoms with Crippen LogP contribution < -0.4 is 16.0 Å². The van der Waals surface area contributed by atoms with Crippen LogP contribution in [0.4, 0.5) is 17.8 Å². The summed E-state index contributed by atoms with van der Waals surface area (Å²) < 4.78 is 0. The SMILES string of the molecule is C#CCNc1nc(NCCC)nc(NCc2cccc(Cl)c2C)n1.Cl. The molecule has 0 unspecified atom stereocenters. The van der Waals surface area contributed by atoms with Crippen molar-refractivity contribution in [1.29, 1.82) is 0 Å². The second kappa shape index (κ2) is 10.6. The van der Waals surface area contributed by atoms with E-state index in [2.05, 4.69) is 43.7 Å². The van der Waals surface area contributed by atoms with E-state index in [-0.39, 0.29) is 12.4 Å². The van der Waals surface area contributed by atoms with Gasteiger partial charge < -0.3 is 16.0 Å². The van der Waals surface area contributed by atoms with E-state index in [4.69, 9.17) is 18.0 Å². The lowest BCUT2D eigenvalue weighted by atomic mass is 10.1. The molecule has 0 saturated carbocycles. The maximum atomic E-state index is 6.15. The number of hydrogen-bond acceptors (Lipinski definition) is 6. The molecule has 0 spiro atoms. The third-order valence-corrected chi connectivity index (χ3v) is 3.74. The van der Waals surface area contributed by atoms with E-state index >= 15 is 0 Å². The molecule has 0 radical (unpaired) electrons. The predicted molar refractivity (Wildman–Crippen MR) is 107 cm³/mol. The first-order valence-electron chi connectivity index (χ1n) is 7.79. The lowest BCUT2D eigenvalue weighted by molar-refractivity contribution is 0.931. The Kier molecular flexibility index (Phi) is 8.82. The average molecular weight is 381 g/mol. The smallest absolute Gasteiger partial charge is 0.230 e. The van der Waals surface area contributed by atoms with Crippen molar-refractivity contribution < 1.29 is 0 Å². The molecule has 1 aromatic carbocycles. The summed E-state index contributed by atoms with van der Waals surface area (Å²) in [6.45, 7) is 5.77. The van der Waals surface area contributed by atoms with Gasteiger partial charge >= 0.3 is 0 Å². The van der Waals surface area contributed by atoms with Gasteiger partial charge in [0.1, 0.15) is 0 Å². The number of anilines is 3. The maximum absolute atomic E-state index is 6.15. The Balaban J connectivity index is 0.00000312. The second-order valence-electron chi connectivity index (χ2n) is 5.17. The monoisotopic (exact) mass is 380 g/mol. The van der Waals surface area contributed by atoms with Crippen LogP contribution in [-0.4, -0.2) is 28.0 Å². The normalized spacial score (nSPS) is 9.68. The Labute approximate surface area is 159 Å². The van der Waals surface area contributed by atoms with E-state index in [9.17, 15) is 0 Å². The van der Waals surface area contributed by atoms with Crippen molar-refractivity contribution >= 4 is 41.9 Å². The fraction of sp³-hybridized carbons (Fsp3) is 0.353. The molecule has 0 bridgehead atoms. The highest BCUT2D eigenvalue weighted by Crippen LogP contribution is 2.19. The summed E-state index contributed by atoms with van der Waals surface area (Å²) in [7, 11) is 0. The summed E-state index contributed by atoms with van der Waals surface area (Å²) in [5, 5.41) is 10.1. The standard InChI is InChI=1S/C17H21ClN6.ClH/c1-4-9-19-15-22-16(20-10-5-2)24-17(23-15)21-11-13-7-6-8-14(18)12(13)3;/h1,6-8H,5,9-11H2,2-3H3,(H3,19,20,21,22,23,24);1H.